The van der Waals surface area contributed by atoms with Crippen LogP contribution >= 0.6 is 11.3 Å². The maximum atomic E-state index is 5.54. The summed E-state index contributed by atoms with van der Waals surface area (Å²) in [5.41, 5.74) is 2.92. The molecule has 0 saturated heterocycles. The molecule has 0 spiro atoms. The Morgan fingerprint density at radius 1 is 1.45 bits per heavy atom. The standard InChI is InChI=1S/C15H18N2O2S/c1-4-14(13-7-10-20-11-13)17-12(2)5-6-15(16-17)19-9-8-18-3/h4-7,10-11H,2,8-9H2,1,3H3/b14-4-. The van der Waals surface area contributed by atoms with Crippen molar-refractivity contribution in [3.8, 4) is 0 Å². The van der Waals surface area contributed by atoms with Gasteiger partial charge in [-0.05, 0) is 24.4 Å². The monoisotopic (exact) mass is 290 g/mol. The second-order valence-corrected chi connectivity index (χ2v) is 4.88. The molecule has 0 bridgehead atoms. The Bertz CT molecular complexity index is 544. The molecule has 0 amide bonds. The first kappa shape index (κ1) is 14.6. The van der Waals surface area contributed by atoms with E-state index in [1.807, 2.05) is 30.5 Å². The van der Waals surface area contributed by atoms with Gasteiger partial charge in [0.05, 0.1) is 18.0 Å². The zero-order chi connectivity index (χ0) is 14.4. The molecule has 0 aromatic carbocycles. The Hall–Kier alpha value is -1.85. The van der Waals surface area contributed by atoms with Gasteiger partial charge in [0.1, 0.15) is 6.61 Å². The van der Waals surface area contributed by atoms with Crippen LogP contribution in [-0.2, 0) is 9.47 Å². The van der Waals surface area contributed by atoms with Crippen molar-refractivity contribution in [1.82, 2.24) is 5.01 Å². The number of hydrazone groups is 1. The van der Waals surface area contributed by atoms with Gasteiger partial charge in [-0.3, -0.25) is 0 Å². The zero-order valence-electron chi connectivity index (χ0n) is 11.7. The molecule has 1 aliphatic heterocycles. The number of hydrogen-bond donors (Lipinski definition) is 0. The van der Waals surface area contributed by atoms with E-state index in [0.717, 1.165) is 17.0 Å². The lowest BCUT2D eigenvalue weighted by Crippen LogP contribution is -2.21. The number of nitrogens with zero attached hydrogens (tertiary/aromatic N) is 2. The van der Waals surface area contributed by atoms with Crippen molar-refractivity contribution < 1.29 is 9.47 Å². The molecule has 2 rings (SSSR count). The minimum Gasteiger partial charge on any atom is -0.474 e. The summed E-state index contributed by atoms with van der Waals surface area (Å²) in [6.07, 6.45) is 5.73. The van der Waals surface area contributed by atoms with Gasteiger partial charge in [-0.25, -0.2) is 5.01 Å². The lowest BCUT2D eigenvalue weighted by molar-refractivity contribution is 0.140. The first-order valence-corrected chi connectivity index (χ1v) is 7.27. The maximum absolute atomic E-state index is 5.54. The highest BCUT2D eigenvalue weighted by molar-refractivity contribution is 7.08. The Morgan fingerprint density at radius 3 is 2.95 bits per heavy atom. The Balaban J connectivity index is 2.16. The molecule has 5 heteroatoms. The molecule has 0 N–H and O–H groups in total. The maximum Gasteiger partial charge on any atom is 0.231 e. The van der Waals surface area contributed by atoms with Crippen LogP contribution in [0.1, 0.15) is 12.5 Å². The van der Waals surface area contributed by atoms with Crippen LogP contribution < -0.4 is 0 Å². The Morgan fingerprint density at radius 2 is 2.30 bits per heavy atom. The third-order valence-corrected chi connectivity index (χ3v) is 3.43. The first-order valence-electron chi connectivity index (χ1n) is 6.32. The summed E-state index contributed by atoms with van der Waals surface area (Å²) in [6.45, 7) is 7.02. The van der Waals surface area contributed by atoms with Crippen LogP contribution in [0.2, 0.25) is 0 Å². The number of hydrogen-bond acceptors (Lipinski definition) is 5. The third-order valence-electron chi connectivity index (χ3n) is 2.74. The Kier molecular flexibility index (Phi) is 5.15. The zero-order valence-corrected chi connectivity index (χ0v) is 12.5. The number of rotatable bonds is 5. The van der Waals surface area contributed by atoms with E-state index in [9.17, 15) is 0 Å². The fraction of sp³-hybridized carbons (Fsp3) is 0.267. The SMILES string of the molecule is C=C1C=CC(OCCOC)=NN1/C(=C\C)c1ccsc1. The fourth-order valence-corrected chi connectivity index (χ4v) is 2.42. The van der Waals surface area contributed by atoms with Gasteiger partial charge in [-0.1, -0.05) is 12.7 Å². The summed E-state index contributed by atoms with van der Waals surface area (Å²) in [6, 6.07) is 2.06. The van der Waals surface area contributed by atoms with Crippen LogP contribution in [0, 0.1) is 0 Å². The topological polar surface area (TPSA) is 34.1 Å². The fourth-order valence-electron chi connectivity index (χ4n) is 1.77. The summed E-state index contributed by atoms with van der Waals surface area (Å²) in [4.78, 5) is 0. The molecule has 4 nitrogen and oxygen atoms in total. The average Bonchev–Trinajstić information content (AvgIpc) is 2.97. The van der Waals surface area contributed by atoms with Crippen LogP contribution in [0.4, 0.5) is 0 Å². The predicted octanol–water partition coefficient (Wildman–Crippen LogP) is 3.47. The summed E-state index contributed by atoms with van der Waals surface area (Å²) in [5.74, 6) is 0.559. The van der Waals surface area contributed by atoms with E-state index in [4.69, 9.17) is 9.47 Å². The summed E-state index contributed by atoms with van der Waals surface area (Å²) < 4.78 is 10.5. The highest BCUT2D eigenvalue weighted by atomic mass is 32.1. The van der Waals surface area contributed by atoms with Crippen LogP contribution in [-0.4, -0.2) is 31.2 Å². The van der Waals surface area contributed by atoms with Gasteiger partial charge in [0, 0.05) is 24.1 Å². The van der Waals surface area contributed by atoms with Crippen LogP contribution in [0.3, 0.4) is 0 Å². The molecule has 20 heavy (non-hydrogen) atoms. The normalized spacial score (nSPS) is 15.5. The van der Waals surface area contributed by atoms with Crippen molar-refractivity contribution >= 4 is 22.9 Å². The largest absolute Gasteiger partial charge is 0.474 e. The summed E-state index contributed by atoms with van der Waals surface area (Å²) >= 11 is 1.65. The minimum absolute atomic E-state index is 0.476. The van der Waals surface area contributed by atoms with Gasteiger partial charge in [0.25, 0.3) is 0 Å². The van der Waals surface area contributed by atoms with Gasteiger partial charge in [0.2, 0.25) is 5.90 Å². The lowest BCUT2D eigenvalue weighted by atomic mass is 10.2. The number of allylic oxidation sites excluding steroid dienone is 2. The quantitative estimate of drug-likeness (QED) is 0.779. The average molecular weight is 290 g/mol. The van der Waals surface area contributed by atoms with Crippen molar-refractivity contribution in [2.45, 2.75) is 6.92 Å². The third kappa shape index (κ3) is 3.37. The lowest BCUT2D eigenvalue weighted by Gasteiger charge is -2.25. The number of ether oxygens (including phenoxy) is 2. The summed E-state index contributed by atoms with van der Waals surface area (Å²) in [7, 11) is 1.64. The van der Waals surface area contributed by atoms with Gasteiger partial charge in [-0.15, -0.1) is 5.10 Å². The van der Waals surface area contributed by atoms with Gasteiger partial charge >= 0.3 is 0 Å². The highest BCUT2D eigenvalue weighted by Crippen LogP contribution is 2.27. The van der Waals surface area contributed by atoms with E-state index in [-0.39, 0.29) is 0 Å². The van der Waals surface area contributed by atoms with Crippen molar-refractivity contribution in [1.29, 1.82) is 0 Å². The molecule has 1 aromatic heterocycles. The second-order valence-electron chi connectivity index (χ2n) is 4.10. The van der Waals surface area contributed by atoms with Gasteiger partial charge in [-0.2, -0.15) is 11.3 Å². The van der Waals surface area contributed by atoms with E-state index >= 15 is 0 Å². The smallest absolute Gasteiger partial charge is 0.231 e. The van der Waals surface area contributed by atoms with Crippen LogP contribution in [0.5, 0.6) is 0 Å². The molecule has 0 saturated carbocycles. The number of thiophene rings is 1. The molecule has 0 aliphatic carbocycles. The molecule has 106 valence electrons. The van der Waals surface area contributed by atoms with Crippen molar-refractivity contribution in [3.05, 3.63) is 52.9 Å². The van der Waals surface area contributed by atoms with E-state index in [2.05, 4.69) is 23.1 Å². The molecule has 1 aromatic rings. The van der Waals surface area contributed by atoms with E-state index in [1.165, 1.54) is 0 Å². The summed E-state index contributed by atoms with van der Waals surface area (Å²) in [5, 5.41) is 10.4. The molecule has 0 unspecified atom stereocenters. The predicted molar refractivity (Wildman–Crippen MR) is 83.4 cm³/mol. The second kappa shape index (κ2) is 7.07. The Labute approximate surface area is 123 Å². The van der Waals surface area contributed by atoms with E-state index in [0.29, 0.717) is 19.1 Å². The molecule has 1 aliphatic rings. The van der Waals surface area contributed by atoms with E-state index in [1.54, 1.807) is 23.5 Å². The molecule has 2 heterocycles. The molecule has 0 radical (unpaired) electrons. The highest BCUT2D eigenvalue weighted by Gasteiger charge is 2.17. The van der Waals surface area contributed by atoms with Crippen molar-refractivity contribution in [2.75, 3.05) is 20.3 Å². The number of methoxy groups -OCH3 is 1. The molecular formula is C15H18N2O2S. The van der Waals surface area contributed by atoms with Gasteiger partial charge in [0.15, 0.2) is 0 Å². The first-order chi connectivity index (χ1) is 9.76. The van der Waals surface area contributed by atoms with Gasteiger partial charge < -0.3 is 9.47 Å². The van der Waals surface area contributed by atoms with Crippen molar-refractivity contribution in [2.24, 2.45) is 5.10 Å². The molecule has 0 fully saturated rings. The van der Waals surface area contributed by atoms with Crippen molar-refractivity contribution in [3.63, 3.8) is 0 Å². The van der Waals surface area contributed by atoms with Crippen LogP contribution in [0.15, 0.2) is 52.4 Å². The molecule has 0 atom stereocenters. The molecular weight excluding hydrogens is 272 g/mol. The van der Waals surface area contributed by atoms with Crippen LogP contribution in [0.25, 0.3) is 5.70 Å². The van der Waals surface area contributed by atoms with E-state index < -0.39 is 0 Å². The minimum atomic E-state index is 0.476.